The molecule has 4 rings (SSSR count). The van der Waals surface area contributed by atoms with Gasteiger partial charge < -0.3 is 10.2 Å². The third-order valence-corrected chi connectivity index (χ3v) is 8.46. The van der Waals surface area contributed by atoms with E-state index >= 15 is 0 Å². The molecule has 0 aliphatic carbocycles. The molecule has 1 N–H and O–H groups in total. The minimum Gasteiger partial charge on any atom is -0.370 e. The van der Waals surface area contributed by atoms with Crippen LogP contribution in [-0.2, 0) is 21.2 Å². The number of nitrogens with zero attached hydrogens (tertiary/aromatic N) is 2. The Labute approximate surface area is 182 Å². The fourth-order valence-electron chi connectivity index (χ4n) is 4.21. The number of amides is 1. The molecule has 2 aliphatic heterocycles. The molecular formula is C22H29N3O3S2. The molecule has 1 aromatic carbocycles. The van der Waals surface area contributed by atoms with E-state index in [9.17, 15) is 13.2 Å². The molecule has 2 aromatic rings. The molecule has 0 unspecified atom stereocenters. The lowest BCUT2D eigenvalue weighted by Gasteiger charge is -2.31. The van der Waals surface area contributed by atoms with Crippen LogP contribution >= 0.6 is 11.3 Å². The van der Waals surface area contributed by atoms with Crippen LogP contribution in [0.1, 0.15) is 44.1 Å². The first-order chi connectivity index (χ1) is 14.5. The van der Waals surface area contributed by atoms with Crippen molar-refractivity contribution in [1.29, 1.82) is 0 Å². The van der Waals surface area contributed by atoms with Crippen LogP contribution in [0.2, 0.25) is 0 Å². The number of hydrogen-bond donors (Lipinski definition) is 1. The van der Waals surface area contributed by atoms with Gasteiger partial charge in [0.25, 0.3) is 0 Å². The van der Waals surface area contributed by atoms with E-state index in [1.807, 2.05) is 22.9 Å². The summed E-state index contributed by atoms with van der Waals surface area (Å²) < 4.78 is 27.9. The van der Waals surface area contributed by atoms with Gasteiger partial charge in [0.2, 0.25) is 15.9 Å². The molecule has 0 saturated carbocycles. The van der Waals surface area contributed by atoms with Crippen LogP contribution in [0.15, 0.2) is 39.9 Å². The van der Waals surface area contributed by atoms with Crippen molar-refractivity contribution >= 4 is 38.6 Å². The first kappa shape index (κ1) is 21.3. The molecule has 2 fully saturated rings. The SMILES string of the molecule is O=C(Cc1ccsc1)Nc1cc(S(=O)(=O)N2CCCCC2)ccc1N1CCCCC1. The van der Waals surface area contributed by atoms with Crippen LogP contribution in [0.25, 0.3) is 0 Å². The van der Waals surface area contributed by atoms with Crippen molar-refractivity contribution in [2.75, 3.05) is 36.4 Å². The number of anilines is 2. The Hall–Kier alpha value is -1.90. The van der Waals surface area contributed by atoms with Crippen LogP contribution in [0, 0.1) is 0 Å². The topological polar surface area (TPSA) is 69.7 Å². The Morgan fingerprint density at radius 2 is 1.67 bits per heavy atom. The van der Waals surface area contributed by atoms with Crippen LogP contribution in [0.4, 0.5) is 11.4 Å². The van der Waals surface area contributed by atoms with Crippen molar-refractivity contribution in [1.82, 2.24) is 4.31 Å². The van der Waals surface area contributed by atoms with E-state index in [0.717, 1.165) is 56.4 Å². The van der Waals surface area contributed by atoms with Crippen molar-refractivity contribution in [3.8, 4) is 0 Å². The zero-order valence-corrected chi connectivity index (χ0v) is 18.8. The molecule has 0 atom stereocenters. The maximum Gasteiger partial charge on any atom is 0.243 e. The van der Waals surface area contributed by atoms with Gasteiger partial charge in [-0.1, -0.05) is 6.42 Å². The molecule has 2 aliphatic rings. The van der Waals surface area contributed by atoms with Crippen molar-refractivity contribution in [3.63, 3.8) is 0 Å². The summed E-state index contributed by atoms with van der Waals surface area (Å²) in [5, 5.41) is 6.92. The predicted octanol–water partition coefficient (Wildman–Crippen LogP) is 4.09. The highest BCUT2D eigenvalue weighted by molar-refractivity contribution is 7.89. The number of benzene rings is 1. The van der Waals surface area contributed by atoms with Gasteiger partial charge in [-0.05, 0) is 72.7 Å². The summed E-state index contributed by atoms with van der Waals surface area (Å²) in [4.78, 5) is 15.2. The number of rotatable bonds is 6. The van der Waals surface area contributed by atoms with E-state index in [4.69, 9.17) is 0 Å². The molecule has 2 saturated heterocycles. The highest BCUT2D eigenvalue weighted by atomic mass is 32.2. The van der Waals surface area contributed by atoms with Crippen molar-refractivity contribution in [2.24, 2.45) is 0 Å². The van der Waals surface area contributed by atoms with Crippen molar-refractivity contribution < 1.29 is 13.2 Å². The van der Waals surface area contributed by atoms with Gasteiger partial charge in [0, 0.05) is 26.2 Å². The fraction of sp³-hybridized carbons (Fsp3) is 0.500. The van der Waals surface area contributed by atoms with Gasteiger partial charge in [-0.2, -0.15) is 15.6 Å². The largest absolute Gasteiger partial charge is 0.370 e. The molecule has 162 valence electrons. The van der Waals surface area contributed by atoms with Crippen LogP contribution < -0.4 is 10.2 Å². The third-order valence-electron chi connectivity index (χ3n) is 5.84. The number of sulfonamides is 1. The summed E-state index contributed by atoms with van der Waals surface area (Å²) in [6, 6.07) is 7.15. The third kappa shape index (κ3) is 4.87. The number of carbonyl (C=O) groups is 1. The maximum atomic E-state index is 13.2. The highest BCUT2D eigenvalue weighted by Crippen LogP contribution is 2.33. The molecular weight excluding hydrogens is 418 g/mol. The van der Waals surface area contributed by atoms with E-state index < -0.39 is 10.0 Å². The lowest BCUT2D eigenvalue weighted by atomic mass is 10.1. The summed E-state index contributed by atoms with van der Waals surface area (Å²) in [6.45, 7) is 2.98. The van der Waals surface area contributed by atoms with Crippen LogP contribution in [0.3, 0.4) is 0 Å². The molecule has 8 heteroatoms. The summed E-state index contributed by atoms with van der Waals surface area (Å²) in [7, 11) is -3.55. The molecule has 1 amide bonds. The Bertz CT molecular complexity index is 962. The maximum absolute atomic E-state index is 13.2. The second-order valence-electron chi connectivity index (χ2n) is 8.05. The van der Waals surface area contributed by atoms with Gasteiger partial charge in [0.05, 0.1) is 22.7 Å². The van der Waals surface area contributed by atoms with E-state index in [1.165, 1.54) is 6.42 Å². The van der Waals surface area contributed by atoms with Crippen molar-refractivity contribution in [2.45, 2.75) is 49.8 Å². The Balaban J connectivity index is 1.62. The average molecular weight is 448 g/mol. The average Bonchev–Trinajstić information content (AvgIpc) is 3.28. The van der Waals surface area contributed by atoms with Gasteiger partial charge >= 0.3 is 0 Å². The van der Waals surface area contributed by atoms with Gasteiger partial charge in [0.15, 0.2) is 0 Å². The van der Waals surface area contributed by atoms with Gasteiger partial charge in [-0.15, -0.1) is 0 Å². The summed E-state index contributed by atoms with van der Waals surface area (Å²) in [5.74, 6) is -0.126. The van der Waals surface area contributed by atoms with Crippen molar-refractivity contribution in [3.05, 3.63) is 40.6 Å². The second kappa shape index (κ2) is 9.49. The molecule has 3 heterocycles. The smallest absolute Gasteiger partial charge is 0.243 e. The number of carbonyl (C=O) groups excluding carboxylic acids is 1. The van der Waals surface area contributed by atoms with Crippen LogP contribution in [0.5, 0.6) is 0 Å². The number of hydrogen-bond acceptors (Lipinski definition) is 5. The van der Waals surface area contributed by atoms with E-state index in [2.05, 4.69) is 10.2 Å². The Kier molecular flexibility index (Phi) is 6.75. The lowest BCUT2D eigenvalue weighted by molar-refractivity contribution is -0.115. The second-order valence-corrected chi connectivity index (χ2v) is 10.8. The van der Waals surface area contributed by atoms with Gasteiger partial charge in [-0.3, -0.25) is 4.79 Å². The first-order valence-corrected chi connectivity index (χ1v) is 13.1. The van der Waals surface area contributed by atoms with Crippen LogP contribution in [-0.4, -0.2) is 44.8 Å². The summed E-state index contributed by atoms with van der Waals surface area (Å²) in [6.07, 6.45) is 6.57. The van der Waals surface area contributed by atoms with E-state index in [-0.39, 0.29) is 17.2 Å². The zero-order chi connectivity index (χ0) is 21.0. The number of nitrogens with one attached hydrogen (secondary N) is 1. The lowest BCUT2D eigenvalue weighted by Crippen LogP contribution is -2.36. The minimum atomic E-state index is -3.55. The minimum absolute atomic E-state index is 0.126. The monoisotopic (exact) mass is 447 g/mol. The Morgan fingerprint density at radius 1 is 0.967 bits per heavy atom. The molecule has 0 bridgehead atoms. The molecule has 0 radical (unpaired) electrons. The zero-order valence-electron chi connectivity index (χ0n) is 17.2. The van der Waals surface area contributed by atoms with Gasteiger partial charge in [0.1, 0.15) is 0 Å². The van der Waals surface area contributed by atoms with E-state index in [0.29, 0.717) is 18.8 Å². The quantitative estimate of drug-likeness (QED) is 0.724. The molecule has 1 aromatic heterocycles. The van der Waals surface area contributed by atoms with E-state index in [1.54, 1.807) is 27.8 Å². The molecule has 0 spiro atoms. The summed E-state index contributed by atoms with van der Waals surface area (Å²) in [5.41, 5.74) is 2.47. The number of thiophene rings is 1. The normalized spacial score (nSPS) is 18.3. The molecule has 6 nitrogen and oxygen atoms in total. The predicted molar refractivity (Wildman–Crippen MR) is 122 cm³/mol. The highest BCUT2D eigenvalue weighted by Gasteiger charge is 2.27. The van der Waals surface area contributed by atoms with Gasteiger partial charge in [-0.25, -0.2) is 8.42 Å². The standard InChI is InChI=1S/C22H29N3O3S2/c26-22(15-18-9-14-29-17-18)23-20-16-19(30(27,28)25-12-5-2-6-13-25)7-8-21(20)24-10-3-1-4-11-24/h7-9,14,16-17H,1-6,10-13,15H2,(H,23,26). The first-order valence-electron chi connectivity index (χ1n) is 10.7. The number of piperidine rings is 2. The molecule has 30 heavy (non-hydrogen) atoms. The summed E-state index contributed by atoms with van der Waals surface area (Å²) >= 11 is 1.56. The fourth-order valence-corrected chi connectivity index (χ4v) is 6.43. The Morgan fingerprint density at radius 3 is 2.33 bits per heavy atom.